The number of fused-ring (bicyclic) bond motifs is 1. The van der Waals surface area contributed by atoms with Crippen LogP contribution in [0.5, 0.6) is 11.5 Å². The summed E-state index contributed by atoms with van der Waals surface area (Å²) in [6.07, 6.45) is 5.84. The van der Waals surface area contributed by atoms with Crippen LogP contribution in [0.3, 0.4) is 0 Å². The van der Waals surface area contributed by atoms with Crippen LogP contribution < -0.4 is 20.2 Å². The summed E-state index contributed by atoms with van der Waals surface area (Å²) in [6.45, 7) is 4.06. The van der Waals surface area contributed by atoms with Gasteiger partial charge in [-0.1, -0.05) is 31.5 Å². The molecule has 0 radical (unpaired) electrons. The van der Waals surface area contributed by atoms with Gasteiger partial charge < -0.3 is 14.8 Å². The predicted octanol–water partition coefficient (Wildman–Crippen LogP) is 3.91. The van der Waals surface area contributed by atoms with Crippen molar-refractivity contribution in [1.82, 2.24) is 20.5 Å². The number of hydrogen-bond acceptors (Lipinski definition) is 5. The van der Waals surface area contributed by atoms with E-state index in [9.17, 15) is 0 Å². The molecular formula is C23H25N5O2S. The molecule has 0 unspecified atom stereocenters. The topological polar surface area (TPSA) is 72.7 Å². The molecule has 4 rings (SSSR count). The van der Waals surface area contributed by atoms with Crippen LogP contribution in [-0.4, -0.2) is 40.9 Å². The van der Waals surface area contributed by atoms with E-state index >= 15 is 0 Å². The van der Waals surface area contributed by atoms with Crippen molar-refractivity contribution >= 4 is 23.5 Å². The molecular weight excluding hydrogens is 410 g/mol. The Morgan fingerprint density at radius 1 is 1.16 bits per heavy atom. The van der Waals surface area contributed by atoms with Crippen LogP contribution in [-0.2, 0) is 0 Å². The van der Waals surface area contributed by atoms with E-state index in [1.54, 1.807) is 6.21 Å². The number of hydrogen-bond donors (Lipinski definition) is 2. The van der Waals surface area contributed by atoms with Crippen molar-refractivity contribution in [3.05, 3.63) is 60.3 Å². The Bertz CT molecular complexity index is 1070. The maximum Gasteiger partial charge on any atom is 0.186 e. The minimum absolute atomic E-state index is 0.501. The molecule has 2 aromatic carbocycles. The van der Waals surface area contributed by atoms with E-state index < -0.39 is 0 Å². The zero-order valence-corrected chi connectivity index (χ0v) is 18.2. The van der Waals surface area contributed by atoms with Gasteiger partial charge in [-0.2, -0.15) is 10.2 Å². The minimum atomic E-state index is 0.501. The van der Waals surface area contributed by atoms with Gasteiger partial charge in [0.25, 0.3) is 0 Å². The van der Waals surface area contributed by atoms with Gasteiger partial charge in [0.15, 0.2) is 16.6 Å². The fourth-order valence-corrected chi connectivity index (χ4v) is 3.34. The van der Waals surface area contributed by atoms with E-state index in [2.05, 4.69) is 22.8 Å². The first-order valence-corrected chi connectivity index (χ1v) is 10.8. The summed E-state index contributed by atoms with van der Waals surface area (Å²) >= 11 is 5.27. The largest absolute Gasteiger partial charge is 0.486 e. The molecule has 0 amide bonds. The van der Waals surface area contributed by atoms with Gasteiger partial charge in [0.05, 0.1) is 11.9 Å². The third-order valence-electron chi connectivity index (χ3n) is 4.76. The number of benzene rings is 2. The number of aromatic nitrogens is 2. The van der Waals surface area contributed by atoms with Crippen molar-refractivity contribution in [2.75, 3.05) is 19.8 Å². The first-order chi connectivity index (χ1) is 15.2. The molecule has 1 aliphatic rings. The smallest absolute Gasteiger partial charge is 0.186 e. The van der Waals surface area contributed by atoms with E-state index in [0.29, 0.717) is 18.3 Å². The van der Waals surface area contributed by atoms with Crippen molar-refractivity contribution in [2.45, 2.75) is 19.8 Å². The van der Waals surface area contributed by atoms with Crippen molar-refractivity contribution in [3.8, 4) is 28.4 Å². The first kappa shape index (κ1) is 20.9. The molecule has 3 aromatic rings. The van der Waals surface area contributed by atoms with Gasteiger partial charge in [0, 0.05) is 23.9 Å². The zero-order valence-electron chi connectivity index (χ0n) is 17.4. The van der Waals surface area contributed by atoms with Gasteiger partial charge in [0.1, 0.15) is 18.9 Å². The van der Waals surface area contributed by atoms with Crippen LogP contribution in [0.15, 0.2) is 59.8 Å². The van der Waals surface area contributed by atoms with Gasteiger partial charge in [-0.15, -0.1) is 0 Å². The van der Waals surface area contributed by atoms with E-state index in [1.807, 2.05) is 59.4 Å². The predicted molar refractivity (Wildman–Crippen MR) is 126 cm³/mol. The Kier molecular flexibility index (Phi) is 6.78. The van der Waals surface area contributed by atoms with Crippen molar-refractivity contribution < 1.29 is 9.47 Å². The molecule has 0 atom stereocenters. The summed E-state index contributed by atoms with van der Waals surface area (Å²) in [5.41, 5.74) is 6.40. The molecule has 0 bridgehead atoms. The number of nitrogens with zero attached hydrogens (tertiary/aromatic N) is 3. The fraction of sp³-hybridized carbons (Fsp3) is 0.261. The second-order valence-electron chi connectivity index (χ2n) is 7.05. The number of para-hydroxylation sites is 1. The fourth-order valence-electron chi connectivity index (χ4n) is 3.19. The van der Waals surface area contributed by atoms with Crippen molar-refractivity contribution in [2.24, 2.45) is 5.10 Å². The van der Waals surface area contributed by atoms with Crippen molar-refractivity contribution in [1.29, 1.82) is 0 Å². The Labute approximate surface area is 187 Å². The van der Waals surface area contributed by atoms with Crippen LogP contribution in [0.2, 0.25) is 0 Å². The summed E-state index contributed by atoms with van der Waals surface area (Å²) in [5, 5.41) is 12.8. The van der Waals surface area contributed by atoms with Crippen LogP contribution in [0.4, 0.5) is 0 Å². The maximum absolute atomic E-state index is 5.75. The lowest BCUT2D eigenvalue weighted by Gasteiger charge is -2.18. The highest BCUT2D eigenvalue weighted by Crippen LogP contribution is 2.35. The normalized spacial score (nSPS) is 12.7. The Balaban J connectivity index is 1.61. The molecule has 0 spiro atoms. The third kappa shape index (κ3) is 5.21. The summed E-state index contributed by atoms with van der Waals surface area (Å²) in [6, 6.07) is 15.8. The highest BCUT2D eigenvalue weighted by atomic mass is 32.1. The molecule has 0 saturated carbocycles. The molecule has 0 aliphatic carbocycles. The Hall–Kier alpha value is -3.39. The van der Waals surface area contributed by atoms with E-state index in [4.69, 9.17) is 26.8 Å². The van der Waals surface area contributed by atoms with Crippen LogP contribution in [0.1, 0.15) is 25.3 Å². The lowest BCUT2D eigenvalue weighted by atomic mass is 10.1. The quantitative estimate of drug-likeness (QED) is 0.254. The molecule has 2 heterocycles. The highest BCUT2D eigenvalue weighted by Gasteiger charge is 2.16. The average Bonchev–Trinajstić information content (AvgIpc) is 3.24. The zero-order chi connectivity index (χ0) is 21.5. The van der Waals surface area contributed by atoms with E-state index in [0.717, 1.165) is 53.4 Å². The van der Waals surface area contributed by atoms with E-state index in [1.165, 1.54) is 0 Å². The Morgan fingerprint density at radius 3 is 2.77 bits per heavy atom. The second-order valence-corrected chi connectivity index (χ2v) is 7.46. The first-order valence-electron chi connectivity index (χ1n) is 10.4. The summed E-state index contributed by atoms with van der Waals surface area (Å²) in [7, 11) is 0. The number of rotatable bonds is 7. The molecule has 2 N–H and O–H groups in total. The van der Waals surface area contributed by atoms with Crippen LogP contribution in [0.25, 0.3) is 16.9 Å². The Morgan fingerprint density at radius 2 is 1.97 bits per heavy atom. The molecule has 0 saturated heterocycles. The van der Waals surface area contributed by atoms with Gasteiger partial charge in [-0.3, -0.25) is 5.43 Å². The lowest BCUT2D eigenvalue weighted by molar-refractivity contribution is 0.171. The monoisotopic (exact) mass is 435 g/mol. The van der Waals surface area contributed by atoms with Crippen LogP contribution >= 0.6 is 12.2 Å². The third-order valence-corrected chi connectivity index (χ3v) is 5.00. The summed E-state index contributed by atoms with van der Waals surface area (Å²) in [5.74, 6) is 1.47. The molecule has 0 fully saturated rings. The number of hydrazone groups is 1. The summed E-state index contributed by atoms with van der Waals surface area (Å²) < 4.78 is 13.2. The minimum Gasteiger partial charge on any atom is -0.486 e. The SMILES string of the molecule is CCCCNC(=S)NN=Cc1cn(-c2ccccc2)nc1-c1ccc2c(c1)OCCO2. The van der Waals surface area contributed by atoms with E-state index in [-0.39, 0.29) is 0 Å². The van der Waals surface area contributed by atoms with Gasteiger partial charge in [-0.25, -0.2) is 4.68 Å². The summed E-state index contributed by atoms with van der Waals surface area (Å²) in [4.78, 5) is 0. The number of unbranched alkanes of at least 4 members (excludes halogenated alkanes) is 1. The van der Waals surface area contributed by atoms with Gasteiger partial charge >= 0.3 is 0 Å². The van der Waals surface area contributed by atoms with Gasteiger partial charge in [-0.05, 0) is 49.0 Å². The molecule has 7 nitrogen and oxygen atoms in total. The molecule has 8 heteroatoms. The molecule has 1 aliphatic heterocycles. The average molecular weight is 436 g/mol. The lowest BCUT2D eigenvalue weighted by Crippen LogP contribution is -2.32. The molecule has 1 aromatic heterocycles. The van der Waals surface area contributed by atoms with Crippen LogP contribution in [0, 0.1) is 0 Å². The number of thiocarbonyl (C=S) groups is 1. The standard InChI is InChI=1S/C23H25N5O2S/c1-2-3-11-24-23(31)26-25-15-18-16-28(19-7-5-4-6-8-19)27-22(18)17-9-10-20-21(14-17)30-13-12-29-20/h4-10,14-16H,2-3,11-13H2,1H3,(H2,24,26,31). The van der Waals surface area contributed by atoms with Crippen molar-refractivity contribution in [3.63, 3.8) is 0 Å². The maximum atomic E-state index is 5.75. The number of nitrogens with one attached hydrogen (secondary N) is 2. The number of ether oxygens (including phenoxy) is 2. The second kappa shape index (κ2) is 10.1. The molecule has 31 heavy (non-hydrogen) atoms. The highest BCUT2D eigenvalue weighted by molar-refractivity contribution is 7.80. The van der Waals surface area contributed by atoms with Gasteiger partial charge in [0.2, 0.25) is 0 Å². The molecule has 160 valence electrons.